The average molecular weight is 324 g/mol. The highest BCUT2D eigenvalue weighted by Gasteiger charge is 2.31. The summed E-state index contributed by atoms with van der Waals surface area (Å²) in [5.41, 5.74) is 1.63. The third kappa shape index (κ3) is 2.46. The molecule has 0 bridgehead atoms. The van der Waals surface area contributed by atoms with Crippen LogP contribution in [0.3, 0.4) is 0 Å². The van der Waals surface area contributed by atoms with Gasteiger partial charge in [0, 0.05) is 50.8 Å². The first-order chi connectivity index (χ1) is 11.6. The van der Waals surface area contributed by atoms with E-state index in [1.165, 1.54) is 0 Å². The summed E-state index contributed by atoms with van der Waals surface area (Å²) in [6.45, 7) is 2.20. The van der Waals surface area contributed by atoms with Gasteiger partial charge >= 0.3 is 0 Å². The van der Waals surface area contributed by atoms with E-state index in [0.29, 0.717) is 12.1 Å². The lowest BCUT2D eigenvalue weighted by atomic mass is 10.1. The number of aryl methyl sites for hydroxylation is 1. The zero-order valence-electron chi connectivity index (χ0n) is 13.8. The fourth-order valence-corrected chi connectivity index (χ4v) is 3.27. The normalized spacial score (nSPS) is 19.1. The van der Waals surface area contributed by atoms with Crippen molar-refractivity contribution < 1.29 is 4.79 Å². The van der Waals surface area contributed by atoms with E-state index in [4.69, 9.17) is 0 Å². The van der Waals surface area contributed by atoms with E-state index in [9.17, 15) is 4.79 Å². The molecule has 1 amide bonds. The van der Waals surface area contributed by atoms with E-state index in [2.05, 4.69) is 21.9 Å². The second-order valence-corrected chi connectivity index (χ2v) is 6.29. The van der Waals surface area contributed by atoms with Gasteiger partial charge in [0.25, 0.3) is 5.91 Å². The van der Waals surface area contributed by atoms with Crippen molar-refractivity contribution in [2.45, 2.75) is 6.04 Å². The minimum Gasteiger partial charge on any atom is -0.337 e. The molecular formula is C17H20N6O. The number of carbonyl (C=O) groups is 1. The predicted octanol–water partition coefficient (Wildman–Crippen LogP) is 1.20. The third-order valence-electron chi connectivity index (χ3n) is 4.75. The summed E-state index contributed by atoms with van der Waals surface area (Å²) in [5, 5.41) is 0. The molecule has 1 atom stereocenters. The van der Waals surface area contributed by atoms with Crippen LogP contribution in [0.15, 0.2) is 43.2 Å². The number of amides is 1. The van der Waals surface area contributed by atoms with Crippen molar-refractivity contribution in [3.8, 4) is 0 Å². The van der Waals surface area contributed by atoms with E-state index in [-0.39, 0.29) is 11.9 Å². The summed E-state index contributed by atoms with van der Waals surface area (Å²) < 4.78 is 3.92. The first-order valence-corrected chi connectivity index (χ1v) is 8.02. The Labute approximate surface area is 140 Å². The average Bonchev–Trinajstić information content (AvgIpc) is 3.22. The molecule has 0 aliphatic carbocycles. The van der Waals surface area contributed by atoms with Crippen LogP contribution >= 0.6 is 0 Å². The molecule has 24 heavy (non-hydrogen) atoms. The quantitative estimate of drug-likeness (QED) is 0.711. The van der Waals surface area contributed by atoms with Gasteiger partial charge < -0.3 is 13.9 Å². The summed E-state index contributed by atoms with van der Waals surface area (Å²) in [5.74, 6) is 1.05. The Morgan fingerprint density at radius 1 is 1.25 bits per heavy atom. The number of imidazole rings is 2. The van der Waals surface area contributed by atoms with Crippen LogP contribution in [0.5, 0.6) is 0 Å². The molecule has 1 saturated heterocycles. The second kappa shape index (κ2) is 5.76. The Morgan fingerprint density at radius 3 is 2.92 bits per heavy atom. The fourth-order valence-electron chi connectivity index (χ4n) is 3.27. The van der Waals surface area contributed by atoms with Gasteiger partial charge in [0.15, 0.2) is 0 Å². The van der Waals surface area contributed by atoms with Gasteiger partial charge in [-0.25, -0.2) is 9.97 Å². The van der Waals surface area contributed by atoms with Gasteiger partial charge in [-0.05, 0) is 19.2 Å². The van der Waals surface area contributed by atoms with E-state index in [1.807, 2.05) is 45.4 Å². The predicted molar refractivity (Wildman–Crippen MR) is 89.7 cm³/mol. The van der Waals surface area contributed by atoms with Crippen LogP contribution in [0.1, 0.15) is 22.2 Å². The molecule has 3 aromatic rings. The van der Waals surface area contributed by atoms with Crippen LogP contribution in [-0.2, 0) is 7.05 Å². The van der Waals surface area contributed by atoms with Crippen LogP contribution in [-0.4, -0.2) is 61.3 Å². The second-order valence-electron chi connectivity index (χ2n) is 6.29. The van der Waals surface area contributed by atoms with Crippen molar-refractivity contribution in [2.24, 2.45) is 7.05 Å². The Bertz CT molecular complexity index is 882. The number of likely N-dealkylation sites (N-methyl/N-ethyl adjacent to an activating group) is 1. The molecule has 0 radical (unpaired) electrons. The van der Waals surface area contributed by atoms with Crippen molar-refractivity contribution in [3.05, 3.63) is 54.6 Å². The van der Waals surface area contributed by atoms with Gasteiger partial charge in [-0.2, -0.15) is 0 Å². The highest BCUT2D eigenvalue weighted by molar-refractivity contribution is 5.95. The molecule has 0 N–H and O–H groups in total. The number of hydrogen-bond donors (Lipinski definition) is 0. The molecule has 0 aromatic carbocycles. The highest BCUT2D eigenvalue weighted by atomic mass is 16.2. The number of pyridine rings is 1. The van der Waals surface area contributed by atoms with Gasteiger partial charge in [-0.1, -0.05) is 0 Å². The van der Waals surface area contributed by atoms with Gasteiger partial charge in [-0.3, -0.25) is 9.69 Å². The summed E-state index contributed by atoms with van der Waals surface area (Å²) in [4.78, 5) is 25.7. The molecule has 3 aromatic heterocycles. The molecular weight excluding hydrogens is 304 g/mol. The lowest BCUT2D eigenvalue weighted by molar-refractivity contribution is 0.0529. The van der Waals surface area contributed by atoms with E-state index in [1.54, 1.807) is 18.7 Å². The monoisotopic (exact) mass is 324 g/mol. The summed E-state index contributed by atoms with van der Waals surface area (Å²) in [7, 11) is 4.07. The molecule has 7 heteroatoms. The molecule has 0 spiro atoms. The molecule has 124 valence electrons. The molecule has 4 rings (SSSR count). The largest absolute Gasteiger partial charge is 0.337 e. The summed E-state index contributed by atoms with van der Waals surface area (Å²) in [6, 6.07) is 3.86. The number of aromatic nitrogens is 4. The lowest BCUT2D eigenvalue weighted by Crippen LogP contribution is -2.49. The fraction of sp³-hybridized carbons (Fsp3) is 0.353. The van der Waals surface area contributed by atoms with Crippen LogP contribution < -0.4 is 0 Å². The maximum Gasteiger partial charge on any atom is 0.254 e. The summed E-state index contributed by atoms with van der Waals surface area (Å²) in [6.07, 6.45) is 9.12. The van der Waals surface area contributed by atoms with Gasteiger partial charge in [0.2, 0.25) is 0 Å². The van der Waals surface area contributed by atoms with Gasteiger partial charge in [-0.15, -0.1) is 0 Å². The molecule has 1 aliphatic heterocycles. The highest BCUT2D eigenvalue weighted by Crippen LogP contribution is 2.23. The van der Waals surface area contributed by atoms with Crippen molar-refractivity contribution in [2.75, 3.05) is 26.7 Å². The molecule has 1 aliphatic rings. The Kier molecular flexibility index (Phi) is 3.57. The van der Waals surface area contributed by atoms with Crippen LogP contribution in [0.25, 0.3) is 5.52 Å². The maximum atomic E-state index is 12.9. The van der Waals surface area contributed by atoms with Crippen molar-refractivity contribution in [3.63, 3.8) is 0 Å². The zero-order chi connectivity index (χ0) is 16.7. The van der Waals surface area contributed by atoms with E-state index >= 15 is 0 Å². The number of fused-ring (bicyclic) bond motifs is 1. The molecule has 1 fully saturated rings. The Balaban J connectivity index is 1.59. The zero-order valence-corrected chi connectivity index (χ0v) is 13.8. The van der Waals surface area contributed by atoms with Crippen LogP contribution in [0.2, 0.25) is 0 Å². The topological polar surface area (TPSA) is 58.7 Å². The van der Waals surface area contributed by atoms with Crippen molar-refractivity contribution in [1.29, 1.82) is 0 Å². The minimum absolute atomic E-state index is 0.0611. The Hall–Kier alpha value is -2.67. The standard InChI is InChI=1S/C17H20N6O/c1-20-7-8-22(11-15(20)16-19-4-6-21(16)2)17(24)13-3-5-23-12-18-10-14(23)9-13/h3-6,9-10,12,15H,7-8,11H2,1-2H3/t15-/m0/s1. The molecule has 4 heterocycles. The Morgan fingerprint density at radius 2 is 2.12 bits per heavy atom. The van der Waals surface area contributed by atoms with Crippen molar-refractivity contribution >= 4 is 11.4 Å². The summed E-state index contributed by atoms with van der Waals surface area (Å²) >= 11 is 0. The SMILES string of the molecule is CN1CCN(C(=O)c2ccn3cncc3c2)C[C@H]1c1nccn1C. The number of rotatable bonds is 2. The first kappa shape index (κ1) is 14.9. The molecule has 0 unspecified atom stereocenters. The number of piperazine rings is 1. The molecule has 0 saturated carbocycles. The van der Waals surface area contributed by atoms with Gasteiger partial charge in [0.05, 0.1) is 24.1 Å². The first-order valence-electron chi connectivity index (χ1n) is 8.02. The van der Waals surface area contributed by atoms with E-state index < -0.39 is 0 Å². The molecule has 7 nitrogen and oxygen atoms in total. The number of nitrogens with zero attached hydrogens (tertiary/aromatic N) is 6. The smallest absolute Gasteiger partial charge is 0.254 e. The van der Waals surface area contributed by atoms with E-state index in [0.717, 1.165) is 24.4 Å². The maximum absolute atomic E-state index is 12.9. The third-order valence-corrected chi connectivity index (χ3v) is 4.75. The van der Waals surface area contributed by atoms with Crippen LogP contribution in [0.4, 0.5) is 0 Å². The lowest BCUT2D eigenvalue weighted by Gasteiger charge is -2.39. The number of carbonyl (C=O) groups excluding carboxylic acids is 1. The van der Waals surface area contributed by atoms with Crippen molar-refractivity contribution in [1.82, 2.24) is 28.7 Å². The van der Waals surface area contributed by atoms with Gasteiger partial charge in [0.1, 0.15) is 5.82 Å². The minimum atomic E-state index is 0.0611. The van der Waals surface area contributed by atoms with Crippen LogP contribution in [0, 0.1) is 0 Å². The number of hydrogen-bond acceptors (Lipinski definition) is 4.